The highest BCUT2D eigenvalue weighted by Gasteiger charge is 2.26. The van der Waals surface area contributed by atoms with Gasteiger partial charge < -0.3 is 19.5 Å². The zero-order valence-electron chi connectivity index (χ0n) is 23.0. The number of hydrogen-bond acceptors (Lipinski definition) is 8. The van der Waals surface area contributed by atoms with Crippen molar-refractivity contribution in [1.82, 2.24) is 9.97 Å². The van der Waals surface area contributed by atoms with Crippen molar-refractivity contribution in [2.75, 3.05) is 32.0 Å². The summed E-state index contributed by atoms with van der Waals surface area (Å²) in [5, 5.41) is 5.48. The number of rotatable bonds is 12. The number of allylic oxidation sites excluding steroid dienone is 2. The molecule has 0 bridgehead atoms. The number of aromatic nitrogens is 2. The Labute approximate surface area is 223 Å². The standard InChI is InChI=1S/C28H36N4O6/c1-15(2)26(34)30-25-19(14-29-28(31-25)32-27(35)16(3)4)12-18-13-21(36-5)23(37-6)24(38-7)22(18)20(33)11-10-17-8-9-17/h10-11,13-17H,8-9,12H2,1-7H3,(H2,29,30,31,32,34,35). The molecule has 1 fully saturated rings. The Morgan fingerprint density at radius 3 is 2.13 bits per heavy atom. The summed E-state index contributed by atoms with van der Waals surface area (Å²) in [6.07, 6.45) is 7.29. The van der Waals surface area contributed by atoms with E-state index in [2.05, 4.69) is 20.6 Å². The number of nitrogens with zero attached hydrogens (tertiary/aromatic N) is 2. The summed E-state index contributed by atoms with van der Waals surface area (Å²) in [5.74, 6) is 0.335. The quantitative estimate of drug-likeness (QED) is 0.308. The molecule has 1 aromatic carbocycles. The van der Waals surface area contributed by atoms with E-state index in [1.54, 1.807) is 39.8 Å². The van der Waals surface area contributed by atoms with Gasteiger partial charge in [-0.15, -0.1) is 0 Å². The summed E-state index contributed by atoms with van der Waals surface area (Å²) in [6.45, 7) is 7.04. The zero-order chi connectivity index (χ0) is 28.0. The minimum absolute atomic E-state index is 0.0695. The summed E-state index contributed by atoms with van der Waals surface area (Å²) in [6, 6.07) is 1.71. The number of amides is 2. The van der Waals surface area contributed by atoms with Crippen molar-refractivity contribution in [1.29, 1.82) is 0 Å². The number of nitrogens with one attached hydrogen (secondary N) is 2. The number of methoxy groups -OCH3 is 3. The first-order chi connectivity index (χ1) is 18.1. The van der Waals surface area contributed by atoms with Crippen molar-refractivity contribution in [2.45, 2.75) is 47.0 Å². The number of ether oxygens (including phenoxy) is 3. The Morgan fingerprint density at radius 2 is 1.58 bits per heavy atom. The number of benzene rings is 1. The van der Waals surface area contributed by atoms with Gasteiger partial charge >= 0.3 is 0 Å². The molecule has 1 heterocycles. The fourth-order valence-corrected chi connectivity index (χ4v) is 3.64. The maximum absolute atomic E-state index is 13.4. The van der Waals surface area contributed by atoms with Crippen LogP contribution in [-0.2, 0) is 16.0 Å². The topological polar surface area (TPSA) is 129 Å². The zero-order valence-corrected chi connectivity index (χ0v) is 23.0. The highest BCUT2D eigenvalue weighted by Crippen LogP contribution is 2.43. The molecular formula is C28H36N4O6. The van der Waals surface area contributed by atoms with Gasteiger partial charge in [-0.25, -0.2) is 4.98 Å². The van der Waals surface area contributed by atoms with Gasteiger partial charge in [-0.1, -0.05) is 33.8 Å². The number of anilines is 2. The lowest BCUT2D eigenvalue weighted by Gasteiger charge is -2.19. The predicted molar refractivity (Wildman–Crippen MR) is 144 cm³/mol. The molecule has 2 aromatic rings. The minimum Gasteiger partial charge on any atom is -0.493 e. The van der Waals surface area contributed by atoms with E-state index in [4.69, 9.17) is 14.2 Å². The largest absolute Gasteiger partial charge is 0.493 e. The molecule has 1 aliphatic carbocycles. The predicted octanol–water partition coefficient (Wildman–Crippen LogP) is 4.43. The Morgan fingerprint density at radius 1 is 0.947 bits per heavy atom. The second kappa shape index (κ2) is 12.5. The molecule has 1 aromatic heterocycles. The van der Waals surface area contributed by atoms with Crippen molar-refractivity contribution < 1.29 is 28.6 Å². The van der Waals surface area contributed by atoms with Crippen LogP contribution in [0.15, 0.2) is 24.4 Å². The smallest absolute Gasteiger partial charge is 0.231 e. The summed E-state index contributed by atoms with van der Waals surface area (Å²) >= 11 is 0. The van der Waals surface area contributed by atoms with Crippen molar-refractivity contribution in [2.24, 2.45) is 17.8 Å². The summed E-state index contributed by atoms with van der Waals surface area (Å²) in [7, 11) is 4.44. The first-order valence-electron chi connectivity index (χ1n) is 12.6. The van der Waals surface area contributed by atoms with Crippen molar-refractivity contribution >= 4 is 29.4 Å². The van der Waals surface area contributed by atoms with Crippen LogP contribution in [0.2, 0.25) is 0 Å². The van der Waals surface area contributed by atoms with Gasteiger partial charge in [-0.05, 0) is 36.5 Å². The normalized spacial score (nSPS) is 13.1. The highest BCUT2D eigenvalue weighted by molar-refractivity contribution is 6.08. The second-order valence-electron chi connectivity index (χ2n) is 9.77. The van der Waals surface area contributed by atoms with E-state index in [-0.39, 0.29) is 53.4 Å². The van der Waals surface area contributed by atoms with Crippen LogP contribution in [0.1, 0.15) is 62.0 Å². The molecule has 0 spiro atoms. The average molecular weight is 525 g/mol. The Hall–Kier alpha value is -3.95. The van der Waals surface area contributed by atoms with E-state index < -0.39 is 0 Å². The minimum atomic E-state index is -0.308. The van der Waals surface area contributed by atoms with E-state index in [1.807, 2.05) is 6.08 Å². The van der Waals surface area contributed by atoms with Gasteiger partial charge in [0.2, 0.25) is 23.5 Å². The monoisotopic (exact) mass is 524 g/mol. The molecule has 2 N–H and O–H groups in total. The van der Waals surface area contributed by atoms with Gasteiger partial charge in [0, 0.05) is 30.0 Å². The third-order valence-electron chi connectivity index (χ3n) is 6.07. The average Bonchev–Trinajstić information content (AvgIpc) is 3.72. The van der Waals surface area contributed by atoms with E-state index in [9.17, 15) is 14.4 Å². The lowest BCUT2D eigenvalue weighted by molar-refractivity contribution is -0.119. The molecule has 0 atom stereocenters. The van der Waals surface area contributed by atoms with Crippen LogP contribution in [0.5, 0.6) is 17.2 Å². The first kappa shape index (κ1) is 28.6. The molecule has 0 radical (unpaired) electrons. The third-order valence-corrected chi connectivity index (χ3v) is 6.07. The van der Waals surface area contributed by atoms with Gasteiger partial charge in [0.1, 0.15) is 5.82 Å². The number of hydrogen-bond donors (Lipinski definition) is 2. The Balaban J connectivity index is 2.12. The van der Waals surface area contributed by atoms with Crippen LogP contribution >= 0.6 is 0 Å². The van der Waals surface area contributed by atoms with Crippen LogP contribution in [0.25, 0.3) is 0 Å². The fourth-order valence-electron chi connectivity index (χ4n) is 3.64. The molecule has 10 nitrogen and oxygen atoms in total. The van der Waals surface area contributed by atoms with Crippen LogP contribution in [-0.4, -0.2) is 48.9 Å². The molecule has 3 rings (SSSR count). The molecule has 0 aliphatic heterocycles. The lowest BCUT2D eigenvalue weighted by Crippen LogP contribution is -2.23. The van der Waals surface area contributed by atoms with Gasteiger partial charge in [0.15, 0.2) is 17.3 Å². The summed E-state index contributed by atoms with van der Waals surface area (Å²) in [4.78, 5) is 46.9. The Bertz CT molecular complexity index is 1230. The summed E-state index contributed by atoms with van der Waals surface area (Å²) < 4.78 is 16.7. The van der Waals surface area contributed by atoms with Crippen LogP contribution in [0, 0.1) is 17.8 Å². The van der Waals surface area contributed by atoms with Crippen LogP contribution in [0.3, 0.4) is 0 Å². The van der Waals surface area contributed by atoms with Gasteiger partial charge in [0.25, 0.3) is 0 Å². The molecule has 0 saturated heterocycles. The molecule has 2 amide bonds. The van der Waals surface area contributed by atoms with Crippen molar-refractivity contribution in [3.8, 4) is 17.2 Å². The first-order valence-corrected chi connectivity index (χ1v) is 12.6. The molecule has 204 valence electrons. The van der Waals surface area contributed by atoms with E-state index in [1.165, 1.54) is 27.5 Å². The molecule has 38 heavy (non-hydrogen) atoms. The fraction of sp³-hybridized carbons (Fsp3) is 0.464. The number of carbonyl (C=O) groups is 3. The number of carbonyl (C=O) groups excluding carboxylic acids is 3. The maximum Gasteiger partial charge on any atom is 0.231 e. The van der Waals surface area contributed by atoms with Gasteiger partial charge in [-0.3, -0.25) is 19.7 Å². The SMILES string of the molecule is COc1cc(Cc2cnc(NC(=O)C(C)C)nc2NC(=O)C(C)C)c(C(=O)C=CC2CC2)c(OC)c1OC. The molecular weight excluding hydrogens is 488 g/mol. The number of ketones is 1. The molecule has 1 saturated carbocycles. The van der Waals surface area contributed by atoms with Crippen LogP contribution < -0.4 is 24.8 Å². The van der Waals surface area contributed by atoms with Gasteiger partial charge in [-0.2, -0.15) is 4.98 Å². The van der Waals surface area contributed by atoms with Gasteiger partial charge in [0.05, 0.1) is 26.9 Å². The lowest BCUT2D eigenvalue weighted by atomic mass is 9.95. The third kappa shape index (κ3) is 6.87. The van der Waals surface area contributed by atoms with Crippen LogP contribution in [0.4, 0.5) is 11.8 Å². The van der Waals surface area contributed by atoms with Crippen molar-refractivity contribution in [3.63, 3.8) is 0 Å². The molecule has 1 aliphatic rings. The molecule has 0 unspecified atom stereocenters. The van der Waals surface area contributed by atoms with E-state index >= 15 is 0 Å². The highest BCUT2D eigenvalue weighted by atomic mass is 16.5. The Kier molecular flexibility index (Phi) is 9.44. The molecule has 10 heteroatoms. The van der Waals surface area contributed by atoms with E-state index in [0.717, 1.165) is 12.8 Å². The maximum atomic E-state index is 13.4. The van der Waals surface area contributed by atoms with E-state index in [0.29, 0.717) is 34.1 Å². The summed E-state index contributed by atoms with van der Waals surface area (Å²) in [5.41, 5.74) is 1.43. The van der Waals surface area contributed by atoms with Crippen molar-refractivity contribution in [3.05, 3.63) is 41.1 Å². The second-order valence-corrected chi connectivity index (χ2v) is 9.77.